The summed E-state index contributed by atoms with van der Waals surface area (Å²) in [6, 6.07) is 9.86. The molecule has 3 atom stereocenters. The molecular weight excluding hydrogens is 475 g/mol. The minimum Gasteiger partial charge on any atom is -0.496 e. The quantitative estimate of drug-likeness (QED) is 0.451. The van der Waals surface area contributed by atoms with Crippen LogP contribution in [0.5, 0.6) is 5.75 Å². The van der Waals surface area contributed by atoms with Crippen LogP contribution in [0.2, 0.25) is 0 Å². The highest BCUT2D eigenvalue weighted by atomic mass is 19.1. The Labute approximate surface area is 213 Å². The van der Waals surface area contributed by atoms with Crippen LogP contribution >= 0.6 is 0 Å². The number of aromatic nitrogens is 1. The number of ether oxygens (including phenoxy) is 1. The van der Waals surface area contributed by atoms with Crippen molar-refractivity contribution in [3.8, 4) is 18.1 Å². The van der Waals surface area contributed by atoms with Crippen molar-refractivity contribution < 1.29 is 23.5 Å². The van der Waals surface area contributed by atoms with Gasteiger partial charge in [0.05, 0.1) is 13.2 Å². The second-order valence-corrected chi connectivity index (χ2v) is 9.30. The van der Waals surface area contributed by atoms with Crippen LogP contribution in [0.3, 0.4) is 0 Å². The van der Waals surface area contributed by atoms with E-state index < -0.39 is 29.7 Å². The van der Waals surface area contributed by atoms with E-state index in [1.165, 1.54) is 17.0 Å². The van der Waals surface area contributed by atoms with Crippen LogP contribution in [-0.4, -0.2) is 53.8 Å². The Morgan fingerprint density at radius 1 is 1.30 bits per heavy atom. The number of hydrogen-bond donors (Lipinski definition) is 3. The summed E-state index contributed by atoms with van der Waals surface area (Å²) in [5, 5.41) is 6.33. The van der Waals surface area contributed by atoms with Gasteiger partial charge < -0.3 is 25.3 Å². The summed E-state index contributed by atoms with van der Waals surface area (Å²) in [5.41, 5.74) is 1.82. The molecule has 1 fully saturated rings. The number of hydrogen-bond acceptors (Lipinski definition) is 4. The number of halogens is 1. The van der Waals surface area contributed by atoms with E-state index in [1.54, 1.807) is 25.3 Å². The summed E-state index contributed by atoms with van der Waals surface area (Å²) in [5.74, 6) is 1.43. The Morgan fingerprint density at radius 3 is 2.84 bits per heavy atom. The largest absolute Gasteiger partial charge is 0.496 e. The molecule has 0 radical (unpaired) electrons. The molecule has 2 aliphatic heterocycles. The number of H-pyrrole nitrogens is 1. The van der Waals surface area contributed by atoms with E-state index in [1.807, 2.05) is 12.1 Å². The summed E-state index contributed by atoms with van der Waals surface area (Å²) in [6.45, 7) is 0.713. The Balaban J connectivity index is 1.47. The first kappa shape index (κ1) is 24.4. The molecule has 2 aromatic carbocycles. The third kappa shape index (κ3) is 4.51. The first-order valence-electron chi connectivity index (χ1n) is 12.2. The number of methoxy groups -OCH3 is 1. The Hall–Kier alpha value is -4.32. The van der Waals surface area contributed by atoms with Gasteiger partial charge in [0.2, 0.25) is 11.8 Å². The molecule has 0 saturated carbocycles. The SMILES string of the molecule is C#CC(CC1CCNC1=O)NC(=O)C1c2cccc(F)c2CCN1C(=O)c1cc2c(OC)cccc2[nH]1. The lowest BCUT2D eigenvalue weighted by atomic mass is 9.90. The van der Waals surface area contributed by atoms with Crippen LogP contribution in [0.4, 0.5) is 4.39 Å². The molecule has 3 N–H and O–H groups in total. The van der Waals surface area contributed by atoms with Crippen molar-refractivity contribution >= 4 is 28.6 Å². The Kier molecular flexibility index (Phi) is 6.57. The molecule has 3 aromatic rings. The zero-order valence-corrected chi connectivity index (χ0v) is 20.3. The minimum atomic E-state index is -1.09. The fourth-order valence-corrected chi connectivity index (χ4v) is 5.28. The molecule has 2 aliphatic rings. The number of amides is 3. The summed E-state index contributed by atoms with van der Waals surface area (Å²) in [6.07, 6.45) is 6.88. The van der Waals surface area contributed by atoms with Crippen LogP contribution in [0, 0.1) is 24.1 Å². The molecule has 1 aromatic heterocycles. The molecular formula is C28H27FN4O4. The number of carbonyl (C=O) groups is 3. The molecule has 0 aliphatic carbocycles. The zero-order valence-electron chi connectivity index (χ0n) is 20.3. The molecule has 190 valence electrons. The van der Waals surface area contributed by atoms with Crippen LogP contribution in [0.25, 0.3) is 10.9 Å². The van der Waals surface area contributed by atoms with Gasteiger partial charge in [-0.25, -0.2) is 4.39 Å². The maximum atomic E-state index is 14.7. The molecule has 0 spiro atoms. The average Bonchev–Trinajstić information content (AvgIpc) is 3.53. The first-order chi connectivity index (χ1) is 17.9. The fourth-order valence-electron chi connectivity index (χ4n) is 5.28. The lowest BCUT2D eigenvalue weighted by Crippen LogP contribution is -2.49. The number of nitrogens with zero attached hydrogens (tertiary/aromatic N) is 1. The van der Waals surface area contributed by atoms with Crippen molar-refractivity contribution in [3.63, 3.8) is 0 Å². The highest BCUT2D eigenvalue weighted by Crippen LogP contribution is 2.34. The van der Waals surface area contributed by atoms with E-state index in [0.29, 0.717) is 29.8 Å². The molecule has 0 bridgehead atoms. The number of aromatic amines is 1. The number of rotatable bonds is 6. The first-order valence-corrected chi connectivity index (χ1v) is 12.2. The zero-order chi connectivity index (χ0) is 26.1. The van der Waals surface area contributed by atoms with Crippen LogP contribution in [0.1, 0.15) is 40.5 Å². The highest BCUT2D eigenvalue weighted by molar-refractivity contribution is 6.02. The van der Waals surface area contributed by atoms with Gasteiger partial charge in [0.1, 0.15) is 23.3 Å². The second-order valence-electron chi connectivity index (χ2n) is 9.30. The van der Waals surface area contributed by atoms with Gasteiger partial charge in [-0.05, 0) is 54.7 Å². The molecule has 3 heterocycles. The predicted octanol–water partition coefficient (Wildman–Crippen LogP) is 2.70. The lowest BCUT2D eigenvalue weighted by molar-refractivity contribution is -0.127. The summed E-state index contributed by atoms with van der Waals surface area (Å²) < 4.78 is 20.1. The van der Waals surface area contributed by atoms with Gasteiger partial charge in [0, 0.05) is 29.9 Å². The average molecular weight is 503 g/mol. The van der Waals surface area contributed by atoms with Crippen molar-refractivity contribution in [1.82, 2.24) is 20.5 Å². The third-order valence-corrected chi connectivity index (χ3v) is 7.15. The molecule has 3 amide bonds. The van der Waals surface area contributed by atoms with E-state index in [2.05, 4.69) is 21.5 Å². The monoisotopic (exact) mass is 502 g/mol. The molecule has 37 heavy (non-hydrogen) atoms. The maximum Gasteiger partial charge on any atom is 0.271 e. The number of benzene rings is 2. The highest BCUT2D eigenvalue weighted by Gasteiger charge is 2.39. The number of fused-ring (bicyclic) bond motifs is 2. The smallest absolute Gasteiger partial charge is 0.271 e. The molecule has 1 saturated heterocycles. The van der Waals surface area contributed by atoms with Gasteiger partial charge in [-0.2, -0.15) is 0 Å². The van der Waals surface area contributed by atoms with Crippen LogP contribution < -0.4 is 15.4 Å². The van der Waals surface area contributed by atoms with Gasteiger partial charge in [-0.3, -0.25) is 14.4 Å². The summed E-state index contributed by atoms with van der Waals surface area (Å²) >= 11 is 0. The number of terminal acetylenes is 1. The molecule has 3 unspecified atom stereocenters. The fraction of sp³-hybridized carbons (Fsp3) is 0.321. The van der Waals surface area contributed by atoms with Gasteiger partial charge in [0.15, 0.2) is 0 Å². The molecule has 5 rings (SSSR count). The van der Waals surface area contributed by atoms with E-state index in [9.17, 15) is 18.8 Å². The van der Waals surface area contributed by atoms with E-state index >= 15 is 0 Å². The van der Waals surface area contributed by atoms with Crippen molar-refractivity contribution in [2.45, 2.75) is 31.3 Å². The van der Waals surface area contributed by atoms with Crippen LogP contribution in [-0.2, 0) is 16.0 Å². The normalized spacial score (nSPS) is 19.6. The van der Waals surface area contributed by atoms with E-state index in [-0.39, 0.29) is 36.9 Å². The standard InChI is InChI=1S/C28H27FN4O4/c1-3-17(14-16-10-12-30-26(16)34)31-27(35)25-19-6-4-7-21(29)18(19)11-13-33(25)28(36)23-15-20-22(32-23)8-5-9-24(20)37-2/h1,4-9,15-17,25,32H,10-14H2,2H3,(H,30,34)(H,31,35). The topological polar surface area (TPSA) is 104 Å². The summed E-state index contributed by atoms with van der Waals surface area (Å²) in [7, 11) is 1.55. The van der Waals surface area contributed by atoms with Gasteiger partial charge in [-0.1, -0.05) is 24.1 Å². The van der Waals surface area contributed by atoms with E-state index in [0.717, 1.165) is 10.9 Å². The Bertz CT molecular complexity index is 1430. The molecule has 8 nitrogen and oxygen atoms in total. The predicted molar refractivity (Wildman–Crippen MR) is 135 cm³/mol. The van der Waals surface area contributed by atoms with Gasteiger partial charge in [-0.15, -0.1) is 6.42 Å². The van der Waals surface area contributed by atoms with Gasteiger partial charge in [0.25, 0.3) is 5.91 Å². The van der Waals surface area contributed by atoms with Crippen molar-refractivity contribution in [1.29, 1.82) is 0 Å². The number of nitrogens with one attached hydrogen (secondary N) is 3. The molecule has 9 heteroatoms. The van der Waals surface area contributed by atoms with Crippen molar-refractivity contribution in [3.05, 3.63) is 65.1 Å². The summed E-state index contributed by atoms with van der Waals surface area (Å²) in [4.78, 5) is 44.0. The van der Waals surface area contributed by atoms with E-state index in [4.69, 9.17) is 11.2 Å². The van der Waals surface area contributed by atoms with Crippen molar-refractivity contribution in [2.24, 2.45) is 5.92 Å². The second kappa shape index (κ2) is 9.97. The Morgan fingerprint density at radius 2 is 2.11 bits per heavy atom. The van der Waals surface area contributed by atoms with Gasteiger partial charge >= 0.3 is 0 Å². The van der Waals surface area contributed by atoms with Crippen molar-refractivity contribution in [2.75, 3.05) is 20.2 Å². The van der Waals surface area contributed by atoms with Crippen LogP contribution in [0.15, 0.2) is 42.5 Å². The number of carbonyl (C=O) groups excluding carboxylic acids is 3. The maximum absolute atomic E-state index is 14.7. The third-order valence-electron chi connectivity index (χ3n) is 7.15. The lowest BCUT2D eigenvalue weighted by Gasteiger charge is -2.36. The minimum absolute atomic E-state index is 0.0920.